The van der Waals surface area contributed by atoms with Gasteiger partial charge in [0.25, 0.3) is 0 Å². The molecule has 1 aromatic heterocycles. The normalized spacial score (nSPS) is 16.0. The van der Waals surface area contributed by atoms with E-state index in [0.717, 1.165) is 12.0 Å². The number of rotatable bonds is 11. The van der Waals surface area contributed by atoms with Gasteiger partial charge in [-0.1, -0.05) is 31.5 Å². The average molecular weight is 389 g/mol. The molecule has 3 atom stereocenters. The fourth-order valence-electron chi connectivity index (χ4n) is 2.89. The third-order valence-corrected chi connectivity index (χ3v) is 4.67. The topological polar surface area (TPSA) is 98.9 Å². The number of hydrogen-bond donors (Lipinski definition) is 2. The van der Waals surface area contributed by atoms with Crippen molar-refractivity contribution in [3.05, 3.63) is 36.7 Å². The lowest BCUT2D eigenvalue weighted by atomic mass is 9.99. The molecule has 2 heterocycles. The minimum Gasteiger partial charge on any atom is -0.454 e. The highest BCUT2D eigenvalue weighted by atomic mass is 16.7. The first-order valence-corrected chi connectivity index (χ1v) is 9.46. The van der Waals surface area contributed by atoms with E-state index in [1.165, 1.54) is 0 Å². The van der Waals surface area contributed by atoms with Crippen LogP contribution < -0.4 is 14.8 Å². The number of hydrogen-bond acceptors (Lipinski definition) is 8. The van der Waals surface area contributed by atoms with Gasteiger partial charge >= 0.3 is 0 Å². The Kier molecular flexibility index (Phi) is 7.02. The van der Waals surface area contributed by atoms with E-state index >= 15 is 0 Å². The Hall–Kier alpha value is -2.42. The molecule has 0 amide bonds. The van der Waals surface area contributed by atoms with Crippen LogP contribution >= 0.6 is 0 Å². The van der Waals surface area contributed by atoms with Gasteiger partial charge in [0, 0.05) is 12.1 Å². The predicted molar refractivity (Wildman–Crippen MR) is 103 cm³/mol. The highest BCUT2D eigenvalue weighted by Crippen LogP contribution is 2.35. The van der Waals surface area contributed by atoms with Crippen LogP contribution in [0.5, 0.6) is 11.5 Å². The maximum absolute atomic E-state index is 10.1. The second-order valence-corrected chi connectivity index (χ2v) is 6.78. The van der Waals surface area contributed by atoms with Gasteiger partial charge in [0.05, 0.1) is 25.4 Å². The van der Waals surface area contributed by atoms with Gasteiger partial charge in [0.15, 0.2) is 11.5 Å². The summed E-state index contributed by atoms with van der Waals surface area (Å²) in [5.41, 5.74) is 0.792. The Morgan fingerprint density at radius 2 is 2.18 bits per heavy atom. The summed E-state index contributed by atoms with van der Waals surface area (Å²) in [7, 11) is 0. The number of ether oxygens (including phenoxy) is 3. The van der Waals surface area contributed by atoms with Crippen molar-refractivity contribution >= 4 is 0 Å². The van der Waals surface area contributed by atoms with Crippen molar-refractivity contribution in [2.24, 2.45) is 5.92 Å². The Morgan fingerprint density at radius 1 is 1.36 bits per heavy atom. The van der Waals surface area contributed by atoms with Crippen LogP contribution in [-0.2, 0) is 4.74 Å². The molecule has 2 aromatic rings. The molecule has 8 heteroatoms. The summed E-state index contributed by atoms with van der Waals surface area (Å²) in [4.78, 5) is 4.57. The van der Waals surface area contributed by atoms with E-state index in [-0.39, 0.29) is 25.4 Å². The molecule has 0 bridgehead atoms. The molecular formula is C20H27N3O5. The number of aliphatic hydroxyl groups is 1. The summed E-state index contributed by atoms with van der Waals surface area (Å²) >= 11 is 0. The van der Waals surface area contributed by atoms with E-state index in [4.69, 9.17) is 18.7 Å². The molecule has 1 aliphatic rings. The zero-order chi connectivity index (χ0) is 19.9. The fourth-order valence-corrected chi connectivity index (χ4v) is 2.89. The van der Waals surface area contributed by atoms with E-state index < -0.39 is 6.10 Å². The molecule has 0 spiro atoms. The van der Waals surface area contributed by atoms with Crippen LogP contribution in [0.1, 0.15) is 32.2 Å². The summed E-state index contributed by atoms with van der Waals surface area (Å²) in [6.07, 6.45) is 1.93. The minimum absolute atomic E-state index is 0.172. The van der Waals surface area contributed by atoms with Crippen LogP contribution in [0.4, 0.5) is 0 Å². The van der Waals surface area contributed by atoms with Gasteiger partial charge in [0.1, 0.15) is 0 Å². The molecule has 0 aliphatic carbocycles. The van der Waals surface area contributed by atoms with Crippen LogP contribution in [0.3, 0.4) is 0 Å². The minimum atomic E-state index is -0.636. The van der Waals surface area contributed by atoms with Crippen LogP contribution in [0.25, 0.3) is 11.4 Å². The molecule has 3 rings (SSSR count). The monoisotopic (exact) mass is 389 g/mol. The van der Waals surface area contributed by atoms with Crippen LogP contribution in [-0.4, -0.2) is 47.9 Å². The van der Waals surface area contributed by atoms with E-state index in [9.17, 15) is 5.11 Å². The summed E-state index contributed by atoms with van der Waals surface area (Å²) < 4.78 is 21.6. The first-order valence-electron chi connectivity index (χ1n) is 9.46. The third kappa shape index (κ3) is 4.89. The zero-order valence-corrected chi connectivity index (χ0v) is 16.3. The molecule has 1 aliphatic heterocycles. The van der Waals surface area contributed by atoms with E-state index in [1.807, 2.05) is 18.2 Å². The van der Waals surface area contributed by atoms with Crippen molar-refractivity contribution in [1.29, 1.82) is 0 Å². The van der Waals surface area contributed by atoms with Crippen molar-refractivity contribution in [3.8, 4) is 22.9 Å². The molecule has 2 N–H and O–H groups in total. The highest BCUT2D eigenvalue weighted by molar-refractivity contribution is 5.61. The van der Waals surface area contributed by atoms with Crippen molar-refractivity contribution in [1.82, 2.24) is 15.5 Å². The lowest BCUT2D eigenvalue weighted by Crippen LogP contribution is -2.35. The quantitative estimate of drug-likeness (QED) is 0.447. The lowest BCUT2D eigenvalue weighted by Gasteiger charge is -2.22. The maximum atomic E-state index is 10.1. The molecule has 1 aromatic carbocycles. The molecule has 152 valence electrons. The maximum Gasteiger partial charge on any atom is 0.244 e. The molecule has 0 fully saturated rings. The van der Waals surface area contributed by atoms with Gasteiger partial charge in [-0.05, 0) is 24.1 Å². The van der Waals surface area contributed by atoms with Gasteiger partial charge < -0.3 is 29.2 Å². The summed E-state index contributed by atoms with van der Waals surface area (Å²) in [5, 5.41) is 17.5. The third-order valence-electron chi connectivity index (χ3n) is 4.67. The van der Waals surface area contributed by atoms with Crippen LogP contribution in [0, 0.1) is 5.92 Å². The number of nitrogens with zero attached hydrogens (tertiary/aromatic N) is 2. The molecule has 28 heavy (non-hydrogen) atoms. The number of benzene rings is 1. The Balaban J connectivity index is 1.68. The van der Waals surface area contributed by atoms with Gasteiger partial charge in [-0.15, -0.1) is 6.58 Å². The van der Waals surface area contributed by atoms with E-state index in [0.29, 0.717) is 36.4 Å². The van der Waals surface area contributed by atoms with Gasteiger partial charge in [-0.3, -0.25) is 0 Å². The second-order valence-electron chi connectivity index (χ2n) is 6.78. The Morgan fingerprint density at radius 3 is 2.96 bits per heavy atom. The Bertz CT molecular complexity index is 779. The smallest absolute Gasteiger partial charge is 0.244 e. The number of aliphatic hydroxyl groups excluding tert-OH is 1. The highest BCUT2D eigenvalue weighted by Gasteiger charge is 2.25. The first kappa shape index (κ1) is 20.3. The van der Waals surface area contributed by atoms with Gasteiger partial charge in [-0.2, -0.15) is 4.98 Å². The van der Waals surface area contributed by atoms with Crippen molar-refractivity contribution in [3.63, 3.8) is 0 Å². The second kappa shape index (κ2) is 9.68. The molecule has 0 unspecified atom stereocenters. The lowest BCUT2D eigenvalue weighted by molar-refractivity contribution is 0.0457. The summed E-state index contributed by atoms with van der Waals surface area (Å²) in [5.74, 6) is 2.59. The fraction of sp³-hybridized carbons (Fsp3) is 0.500. The number of aromatic nitrogens is 2. The van der Waals surface area contributed by atoms with Crippen molar-refractivity contribution in [2.75, 3.05) is 26.6 Å². The van der Waals surface area contributed by atoms with Gasteiger partial charge in [-0.25, -0.2) is 0 Å². The molecule has 0 radical (unpaired) electrons. The Labute approximate surface area is 164 Å². The average Bonchev–Trinajstić information content (AvgIpc) is 3.37. The van der Waals surface area contributed by atoms with Gasteiger partial charge in [0.2, 0.25) is 18.5 Å². The van der Waals surface area contributed by atoms with Crippen molar-refractivity contribution in [2.45, 2.75) is 32.4 Å². The zero-order valence-electron chi connectivity index (χ0n) is 16.3. The van der Waals surface area contributed by atoms with E-state index in [2.05, 4.69) is 35.9 Å². The molecule has 0 saturated carbocycles. The summed E-state index contributed by atoms with van der Waals surface area (Å²) in [6.45, 7) is 9.00. The summed E-state index contributed by atoms with van der Waals surface area (Å²) in [6, 6.07) is 5.37. The van der Waals surface area contributed by atoms with Crippen LogP contribution in [0.15, 0.2) is 35.4 Å². The van der Waals surface area contributed by atoms with E-state index in [1.54, 1.807) is 6.08 Å². The predicted octanol–water partition coefficient (Wildman–Crippen LogP) is 2.71. The molecular weight excluding hydrogens is 362 g/mol. The largest absolute Gasteiger partial charge is 0.454 e. The first-order chi connectivity index (χ1) is 13.6. The molecule has 0 saturated heterocycles. The van der Waals surface area contributed by atoms with Crippen molar-refractivity contribution < 1.29 is 23.8 Å². The SMILES string of the molecule is C=CCOC[C@H](O)CN[C@@H](c1nc(-c2ccc3c(c2)OCO3)no1)[C@H](C)CC. The standard InChI is InChI=1S/C20H27N3O5/c1-4-8-25-11-15(24)10-21-18(13(3)5-2)20-22-19(23-28-20)14-6-7-16-17(9-14)27-12-26-16/h4,6-7,9,13,15,18,21,24H,1,5,8,10-12H2,2-3H3/t13-,15-,18-/m1/s1. The number of nitrogens with one attached hydrogen (secondary N) is 1. The number of fused-ring (bicyclic) bond motifs is 1. The molecule has 8 nitrogen and oxygen atoms in total. The van der Waals surface area contributed by atoms with Crippen LogP contribution in [0.2, 0.25) is 0 Å².